The maximum absolute atomic E-state index is 14.1. The normalized spacial score (nSPS) is 14.3. The van der Waals surface area contributed by atoms with Gasteiger partial charge in [0, 0.05) is 5.70 Å². The van der Waals surface area contributed by atoms with E-state index in [0.29, 0.717) is 17.9 Å². The standard InChI is InChI=1S/C41H35I2N3O4S/c1-4-6-20-32(5-2)46-40(49)33(22-29-23-34(42)38(35(43)24-29)50-25-28-15-13-14-27(3)21-28)39(48)45-41(46)51-26-36(47)44-37(30-16-9-7-10-17-30)31-18-11-8-12-19-31/h4-24,37H,1,25-26H2,2-3H3,(H,44,47)/b20-6-,32-5+,33-22+. The van der Waals surface area contributed by atoms with Gasteiger partial charge in [0.05, 0.1) is 18.9 Å². The summed E-state index contributed by atoms with van der Waals surface area (Å²) in [7, 11) is 0. The molecular weight excluding hydrogens is 884 g/mol. The van der Waals surface area contributed by atoms with Crippen LogP contribution in [0, 0.1) is 14.1 Å². The van der Waals surface area contributed by atoms with Gasteiger partial charge in [0.2, 0.25) is 5.91 Å². The van der Waals surface area contributed by atoms with Crippen molar-refractivity contribution in [2.45, 2.75) is 26.5 Å². The van der Waals surface area contributed by atoms with Gasteiger partial charge >= 0.3 is 0 Å². The summed E-state index contributed by atoms with van der Waals surface area (Å²) in [5.41, 5.74) is 5.13. The third-order valence-electron chi connectivity index (χ3n) is 7.71. The molecule has 4 aromatic rings. The zero-order valence-corrected chi connectivity index (χ0v) is 33.1. The Morgan fingerprint density at radius 2 is 1.61 bits per heavy atom. The highest BCUT2D eigenvalue weighted by Gasteiger charge is 2.35. The van der Waals surface area contributed by atoms with E-state index in [9.17, 15) is 14.4 Å². The van der Waals surface area contributed by atoms with Crippen LogP contribution in [0.3, 0.4) is 0 Å². The van der Waals surface area contributed by atoms with Crippen molar-refractivity contribution in [3.05, 3.63) is 174 Å². The number of amides is 3. The minimum absolute atomic E-state index is 0.0757. The summed E-state index contributed by atoms with van der Waals surface area (Å²) in [4.78, 5) is 46.8. The van der Waals surface area contributed by atoms with Gasteiger partial charge in [0.25, 0.3) is 11.8 Å². The second-order valence-electron chi connectivity index (χ2n) is 11.4. The number of halogens is 2. The van der Waals surface area contributed by atoms with Gasteiger partial charge in [0.1, 0.15) is 17.9 Å². The molecule has 1 heterocycles. The van der Waals surface area contributed by atoms with Crippen molar-refractivity contribution >= 4 is 85.9 Å². The van der Waals surface area contributed by atoms with E-state index in [4.69, 9.17) is 4.74 Å². The molecule has 1 N–H and O–H groups in total. The smallest absolute Gasteiger partial charge is 0.285 e. The molecule has 1 aliphatic heterocycles. The van der Waals surface area contributed by atoms with E-state index in [-0.39, 0.29) is 28.4 Å². The number of allylic oxidation sites excluding steroid dienone is 4. The molecule has 0 atom stereocenters. The Morgan fingerprint density at radius 3 is 2.20 bits per heavy atom. The van der Waals surface area contributed by atoms with Crippen molar-refractivity contribution in [3.8, 4) is 5.75 Å². The second-order valence-corrected chi connectivity index (χ2v) is 14.7. The van der Waals surface area contributed by atoms with Gasteiger partial charge in [-0.1, -0.05) is 127 Å². The van der Waals surface area contributed by atoms with Crippen LogP contribution < -0.4 is 10.1 Å². The van der Waals surface area contributed by atoms with Gasteiger partial charge in [0.15, 0.2) is 5.17 Å². The molecule has 0 unspecified atom stereocenters. The molecular formula is C41H35I2N3O4S. The van der Waals surface area contributed by atoms with Crippen LogP contribution in [0.5, 0.6) is 5.75 Å². The molecule has 0 bridgehead atoms. The Kier molecular flexibility index (Phi) is 13.6. The number of aliphatic imine (C=N–C) groups is 1. The van der Waals surface area contributed by atoms with Crippen LogP contribution in [0.15, 0.2) is 144 Å². The summed E-state index contributed by atoms with van der Waals surface area (Å²) in [6.07, 6.45) is 8.30. The highest BCUT2D eigenvalue weighted by molar-refractivity contribution is 14.1. The fraction of sp³-hybridized carbons (Fsp3) is 0.122. The number of thioether (sulfide) groups is 1. The lowest BCUT2D eigenvalue weighted by Crippen LogP contribution is -2.42. The molecule has 5 rings (SSSR count). The number of nitrogens with zero attached hydrogens (tertiary/aromatic N) is 2. The molecule has 0 saturated heterocycles. The lowest BCUT2D eigenvalue weighted by atomic mass is 9.99. The van der Waals surface area contributed by atoms with Crippen LogP contribution in [0.25, 0.3) is 6.08 Å². The highest BCUT2D eigenvalue weighted by Crippen LogP contribution is 2.32. The lowest BCUT2D eigenvalue weighted by Gasteiger charge is -2.28. The van der Waals surface area contributed by atoms with Crippen molar-refractivity contribution in [2.24, 2.45) is 4.99 Å². The van der Waals surface area contributed by atoms with Crippen molar-refractivity contribution in [1.82, 2.24) is 10.2 Å². The fourth-order valence-electron chi connectivity index (χ4n) is 5.32. The van der Waals surface area contributed by atoms with Gasteiger partial charge in [-0.3, -0.25) is 19.3 Å². The number of ether oxygens (including phenoxy) is 1. The second kappa shape index (κ2) is 18.3. The molecule has 0 spiro atoms. The third-order valence-corrected chi connectivity index (χ3v) is 10.3. The molecule has 0 aromatic heterocycles. The first-order valence-corrected chi connectivity index (χ1v) is 19.2. The van der Waals surface area contributed by atoms with Crippen LogP contribution in [-0.2, 0) is 21.0 Å². The van der Waals surface area contributed by atoms with E-state index in [1.165, 1.54) is 4.90 Å². The topological polar surface area (TPSA) is 88.1 Å². The summed E-state index contributed by atoms with van der Waals surface area (Å²) in [6, 6.07) is 30.9. The van der Waals surface area contributed by atoms with Crippen molar-refractivity contribution in [3.63, 3.8) is 0 Å². The van der Waals surface area contributed by atoms with Crippen LogP contribution in [0.1, 0.15) is 40.8 Å². The first-order chi connectivity index (χ1) is 24.7. The average Bonchev–Trinajstić information content (AvgIpc) is 3.13. The van der Waals surface area contributed by atoms with E-state index in [2.05, 4.69) is 68.1 Å². The number of carbonyl (C=O) groups is 3. The first kappa shape index (κ1) is 38.0. The number of nitrogens with one attached hydrogen (secondary N) is 1. The van der Waals surface area contributed by atoms with Crippen molar-refractivity contribution in [2.75, 3.05) is 5.75 Å². The predicted octanol–water partition coefficient (Wildman–Crippen LogP) is 9.18. The molecule has 0 saturated carbocycles. The van der Waals surface area contributed by atoms with E-state index in [0.717, 1.165) is 46.9 Å². The largest absolute Gasteiger partial charge is 0.487 e. The minimum atomic E-state index is -0.682. The Hall–Kier alpha value is -4.27. The molecule has 3 amide bonds. The quantitative estimate of drug-likeness (QED) is 0.0664. The number of benzene rings is 4. The van der Waals surface area contributed by atoms with Crippen LogP contribution in [0.4, 0.5) is 0 Å². The van der Waals surface area contributed by atoms with E-state index in [1.54, 1.807) is 37.3 Å². The van der Waals surface area contributed by atoms with E-state index >= 15 is 0 Å². The molecule has 10 heteroatoms. The molecule has 0 radical (unpaired) electrons. The number of amidine groups is 1. The van der Waals surface area contributed by atoms with Crippen molar-refractivity contribution < 1.29 is 19.1 Å². The number of hydrogen-bond donors (Lipinski definition) is 1. The predicted molar refractivity (Wildman–Crippen MR) is 223 cm³/mol. The molecule has 0 aliphatic carbocycles. The molecule has 51 heavy (non-hydrogen) atoms. The summed E-state index contributed by atoms with van der Waals surface area (Å²) in [6.45, 7) is 7.99. The Bertz CT molecular complexity index is 2000. The Morgan fingerprint density at radius 1 is 0.961 bits per heavy atom. The zero-order chi connectivity index (χ0) is 36.3. The molecule has 4 aromatic carbocycles. The van der Waals surface area contributed by atoms with Crippen LogP contribution in [0.2, 0.25) is 0 Å². The fourth-order valence-corrected chi connectivity index (χ4v) is 8.25. The SMILES string of the molecule is C=C/C=C\C(=C/C)N1C(=O)/C(=C/c2cc(I)c(OCc3cccc(C)c3)c(I)c2)C(=O)N=C1SCC(=O)NC(c1ccccc1)c1ccccc1. The van der Waals surface area contributed by atoms with Gasteiger partial charge in [-0.05, 0) is 106 Å². The third kappa shape index (κ3) is 9.95. The maximum atomic E-state index is 14.1. The molecule has 258 valence electrons. The minimum Gasteiger partial charge on any atom is -0.487 e. The summed E-state index contributed by atoms with van der Waals surface area (Å²) in [5, 5.41) is 3.22. The van der Waals surface area contributed by atoms with Gasteiger partial charge < -0.3 is 10.1 Å². The van der Waals surface area contributed by atoms with Crippen molar-refractivity contribution in [1.29, 1.82) is 0 Å². The first-order valence-electron chi connectivity index (χ1n) is 16.0. The summed E-state index contributed by atoms with van der Waals surface area (Å²) < 4.78 is 7.85. The van der Waals surface area contributed by atoms with Gasteiger partial charge in [-0.25, -0.2) is 0 Å². The average molecular weight is 920 g/mol. The number of rotatable bonds is 12. The van der Waals surface area contributed by atoms with Gasteiger partial charge in [-0.2, -0.15) is 4.99 Å². The number of aryl methyl sites for hydroxylation is 1. The van der Waals surface area contributed by atoms with Gasteiger partial charge in [-0.15, -0.1) is 0 Å². The Balaban J connectivity index is 1.39. The monoisotopic (exact) mass is 919 g/mol. The molecule has 0 fully saturated rings. The zero-order valence-electron chi connectivity index (χ0n) is 28.0. The highest BCUT2D eigenvalue weighted by atomic mass is 127. The van der Waals surface area contributed by atoms with Crippen LogP contribution in [-0.4, -0.2) is 33.5 Å². The summed E-state index contributed by atoms with van der Waals surface area (Å²) >= 11 is 5.43. The molecule has 1 aliphatic rings. The Labute approximate surface area is 329 Å². The van der Waals surface area contributed by atoms with Crippen LogP contribution >= 0.6 is 56.9 Å². The number of carbonyl (C=O) groups excluding carboxylic acids is 3. The summed E-state index contributed by atoms with van der Waals surface area (Å²) in [5.74, 6) is -0.854. The van der Waals surface area contributed by atoms with E-state index < -0.39 is 11.8 Å². The molecule has 7 nitrogen and oxygen atoms in total. The van der Waals surface area contributed by atoms with E-state index in [1.807, 2.05) is 97.9 Å². The lowest BCUT2D eigenvalue weighted by molar-refractivity contribution is -0.126. The maximum Gasteiger partial charge on any atom is 0.285 e. The number of hydrogen-bond acceptors (Lipinski definition) is 5.